The number of aromatic nitrogens is 2. The SMILES string of the molecule is CCC(CC)C(O)CNC(=O)CCc1nc2c(F)cccc2[nH]1. The van der Waals surface area contributed by atoms with Crippen LogP contribution in [0.4, 0.5) is 4.39 Å². The molecule has 0 aliphatic heterocycles. The second-order valence-electron chi connectivity index (χ2n) is 5.77. The highest BCUT2D eigenvalue weighted by Gasteiger charge is 2.16. The Kier molecular flexibility index (Phi) is 6.10. The van der Waals surface area contributed by atoms with Gasteiger partial charge in [0, 0.05) is 19.4 Å². The number of H-pyrrole nitrogens is 1. The van der Waals surface area contributed by atoms with Gasteiger partial charge in [-0.25, -0.2) is 9.37 Å². The molecule has 1 unspecified atom stereocenters. The van der Waals surface area contributed by atoms with Crippen LogP contribution in [0.1, 0.15) is 38.9 Å². The molecule has 0 saturated heterocycles. The molecule has 126 valence electrons. The molecule has 1 atom stereocenters. The van der Waals surface area contributed by atoms with Gasteiger partial charge in [-0.2, -0.15) is 0 Å². The van der Waals surface area contributed by atoms with Gasteiger partial charge in [0.2, 0.25) is 5.91 Å². The van der Waals surface area contributed by atoms with Crippen molar-refractivity contribution in [2.24, 2.45) is 5.92 Å². The lowest BCUT2D eigenvalue weighted by atomic mass is 9.96. The van der Waals surface area contributed by atoms with Gasteiger partial charge in [0.05, 0.1) is 11.6 Å². The second kappa shape index (κ2) is 8.06. The maximum absolute atomic E-state index is 13.6. The summed E-state index contributed by atoms with van der Waals surface area (Å²) in [6.07, 6.45) is 1.91. The molecule has 0 radical (unpaired) electrons. The number of aliphatic hydroxyl groups is 1. The van der Waals surface area contributed by atoms with Crippen molar-refractivity contribution in [1.29, 1.82) is 0 Å². The molecular weight excluding hydrogens is 297 g/mol. The molecule has 1 amide bonds. The van der Waals surface area contributed by atoms with Gasteiger partial charge >= 0.3 is 0 Å². The van der Waals surface area contributed by atoms with E-state index in [9.17, 15) is 14.3 Å². The van der Waals surface area contributed by atoms with Crippen molar-refractivity contribution >= 4 is 16.9 Å². The Morgan fingerprint density at radius 1 is 1.39 bits per heavy atom. The topological polar surface area (TPSA) is 78.0 Å². The Morgan fingerprint density at radius 2 is 2.13 bits per heavy atom. The first kappa shape index (κ1) is 17.4. The summed E-state index contributed by atoms with van der Waals surface area (Å²) in [4.78, 5) is 19.1. The number of imidazole rings is 1. The lowest BCUT2D eigenvalue weighted by molar-refractivity contribution is -0.121. The molecular formula is C17H24FN3O2. The highest BCUT2D eigenvalue weighted by atomic mass is 19.1. The summed E-state index contributed by atoms with van der Waals surface area (Å²) in [5, 5.41) is 12.7. The van der Waals surface area contributed by atoms with E-state index in [-0.39, 0.29) is 30.6 Å². The van der Waals surface area contributed by atoms with Crippen LogP contribution in [0.2, 0.25) is 0 Å². The van der Waals surface area contributed by atoms with E-state index in [0.29, 0.717) is 23.3 Å². The molecule has 3 N–H and O–H groups in total. The first-order chi connectivity index (χ1) is 11.0. The number of aliphatic hydroxyl groups excluding tert-OH is 1. The average Bonchev–Trinajstić information content (AvgIpc) is 2.96. The maximum atomic E-state index is 13.6. The molecule has 6 heteroatoms. The smallest absolute Gasteiger partial charge is 0.220 e. The van der Waals surface area contributed by atoms with E-state index in [1.165, 1.54) is 6.07 Å². The Hall–Kier alpha value is -1.95. The fourth-order valence-corrected chi connectivity index (χ4v) is 2.70. The van der Waals surface area contributed by atoms with Crippen LogP contribution in [0.25, 0.3) is 11.0 Å². The standard InChI is InChI=1S/C17H24FN3O2/c1-3-11(4-2)14(22)10-19-16(23)9-8-15-20-13-7-5-6-12(18)17(13)21-15/h5-7,11,14,22H,3-4,8-10H2,1-2H3,(H,19,23)(H,20,21). The van der Waals surface area contributed by atoms with Crippen molar-refractivity contribution in [1.82, 2.24) is 15.3 Å². The summed E-state index contributed by atoms with van der Waals surface area (Å²) in [5.41, 5.74) is 0.927. The summed E-state index contributed by atoms with van der Waals surface area (Å²) in [6, 6.07) is 4.73. The maximum Gasteiger partial charge on any atom is 0.220 e. The number of hydrogen-bond donors (Lipinski definition) is 3. The number of halogens is 1. The lowest BCUT2D eigenvalue weighted by Crippen LogP contribution is -2.36. The van der Waals surface area contributed by atoms with Crippen molar-refractivity contribution in [3.8, 4) is 0 Å². The van der Waals surface area contributed by atoms with Gasteiger partial charge in [0.15, 0.2) is 5.82 Å². The van der Waals surface area contributed by atoms with Crippen LogP contribution in [0.3, 0.4) is 0 Å². The van der Waals surface area contributed by atoms with E-state index in [4.69, 9.17) is 0 Å². The van der Waals surface area contributed by atoms with Crippen LogP contribution in [0, 0.1) is 11.7 Å². The summed E-state index contributed by atoms with van der Waals surface area (Å²) in [7, 11) is 0. The fourth-order valence-electron chi connectivity index (χ4n) is 2.70. The molecule has 0 fully saturated rings. The number of aryl methyl sites for hydroxylation is 1. The van der Waals surface area contributed by atoms with Gasteiger partial charge in [0.1, 0.15) is 11.3 Å². The number of fused-ring (bicyclic) bond motifs is 1. The summed E-state index contributed by atoms with van der Waals surface area (Å²) in [5.74, 6) is 0.271. The van der Waals surface area contributed by atoms with Crippen molar-refractivity contribution in [2.75, 3.05) is 6.54 Å². The van der Waals surface area contributed by atoms with Crippen molar-refractivity contribution in [3.05, 3.63) is 29.8 Å². The van der Waals surface area contributed by atoms with Gasteiger partial charge in [-0.3, -0.25) is 4.79 Å². The molecule has 2 rings (SSSR count). The predicted octanol–water partition coefficient (Wildman–Crippen LogP) is 2.55. The van der Waals surface area contributed by atoms with Crippen LogP contribution >= 0.6 is 0 Å². The predicted molar refractivity (Wildman–Crippen MR) is 87.5 cm³/mol. The summed E-state index contributed by atoms with van der Waals surface area (Å²) in [6.45, 7) is 4.32. The van der Waals surface area contributed by atoms with Crippen molar-refractivity contribution < 1.29 is 14.3 Å². The van der Waals surface area contributed by atoms with Crippen LogP contribution < -0.4 is 5.32 Å². The highest BCUT2D eigenvalue weighted by molar-refractivity contribution is 5.77. The number of nitrogens with zero attached hydrogens (tertiary/aromatic N) is 1. The summed E-state index contributed by atoms with van der Waals surface area (Å²) < 4.78 is 13.6. The van der Waals surface area contributed by atoms with Gasteiger partial charge < -0.3 is 15.4 Å². The molecule has 1 aromatic heterocycles. The third-order valence-corrected chi connectivity index (χ3v) is 4.20. The van der Waals surface area contributed by atoms with E-state index in [2.05, 4.69) is 15.3 Å². The molecule has 0 bridgehead atoms. The molecule has 0 aliphatic carbocycles. The van der Waals surface area contributed by atoms with E-state index in [1.54, 1.807) is 12.1 Å². The molecule has 0 aliphatic rings. The van der Waals surface area contributed by atoms with E-state index in [0.717, 1.165) is 12.8 Å². The molecule has 1 heterocycles. The fraction of sp³-hybridized carbons (Fsp3) is 0.529. The zero-order chi connectivity index (χ0) is 16.8. The van der Waals surface area contributed by atoms with Gasteiger partial charge in [-0.1, -0.05) is 32.8 Å². The third-order valence-electron chi connectivity index (χ3n) is 4.20. The zero-order valence-electron chi connectivity index (χ0n) is 13.6. The highest BCUT2D eigenvalue weighted by Crippen LogP contribution is 2.15. The largest absolute Gasteiger partial charge is 0.391 e. The number of carbonyl (C=O) groups is 1. The van der Waals surface area contributed by atoms with Crippen molar-refractivity contribution in [2.45, 2.75) is 45.6 Å². The normalized spacial score (nSPS) is 12.7. The Labute approximate surface area is 135 Å². The molecule has 23 heavy (non-hydrogen) atoms. The first-order valence-electron chi connectivity index (χ1n) is 8.13. The molecule has 0 saturated carbocycles. The summed E-state index contributed by atoms with van der Waals surface area (Å²) >= 11 is 0. The number of nitrogens with one attached hydrogen (secondary N) is 2. The van der Waals surface area contributed by atoms with Crippen LogP contribution in [0.15, 0.2) is 18.2 Å². The zero-order valence-corrected chi connectivity index (χ0v) is 13.6. The van der Waals surface area contributed by atoms with E-state index < -0.39 is 6.10 Å². The first-order valence-corrected chi connectivity index (χ1v) is 8.13. The minimum Gasteiger partial charge on any atom is -0.391 e. The average molecular weight is 321 g/mol. The molecule has 2 aromatic rings. The van der Waals surface area contributed by atoms with Crippen LogP contribution in [0.5, 0.6) is 0 Å². The van der Waals surface area contributed by atoms with E-state index >= 15 is 0 Å². The van der Waals surface area contributed by atoms with Crippen molar-refractivity contribution in [3.63, 3.8) is 0 Å². The van der Waals surface area contributed by atoms with Gasteiger partial charge in [-0.05, 0) is 18.1 Å². The van der Waals surface area contributed by atoms with Crippen LogP contribution in [-0.4, -0.2) is 33.6 Å². The number of carbonyl (C=O) groups excluding carboxylic acids is 1. The minimum atomic E-state index is -0.519. The number of hydrogen-bond acceptors (Lipinski definition) is 3. The Balaban J connectivity index is 1.83. The second-order valence-corrected chi connectivity index (χ2v) is 5.77. The lowest BCUT2D eigenvalue weighted by Gasteiger charge is -2.20. The number of aromatic amines is 1. The number of benzene rings is 1. The number of para-hydroxylation sites is 1. The van der Waals surface area contributed by atoms with Crippen LogP contribution in [-0.2, 0) is 11.2 Å². The van der Waals surface area contributed by atoms with Gasteiger partial charge in [-0.15, -0.1) is 0 Å². The number of amides is 1. The molecule has 0 spiro atoms. The quantitative estimate of drug-likeness (QED) is 0.699. The van der Waals surface area contributed by atoms with E-state index in [1.807, 2.05) is 13.8 Å². The van der Waals surface area contributed by atoms with Gasteiger partial charge in [0.25, 0.3) is 0 Å². The monoisotopic (exact) mass is 321 g/mol. The third kappa shape index (κ3) is 4.51. The number of rotatable bonds is 8. The Morgan fingerprint density at radius 3 is 2.78 bits per heavy atom. The molecule has 1 aromatic carbocycles. The Bertz CT molecular complexity index is 652. The minimum absolute atomic E-state index is 0.143. The molecule has 5 nitrogen and oxygen atoms in total.